The van der Waals surface area contributed by atoms with Gasteiger partial charge in [0.25, 0.3) is 5.91 Å². The lowest BCUT2D eigenvalue weighted by Crippen LogP contribution is -2.37. The molecule has 0 saturated carbocycles. The summed E-state index contributed by atoms with van der Waals surface area (Å²) in [6.07, 6.45) is 0.0872. The van der Waals surface area contributed by atoms with Crippen molar-refractivity contribution in [2.75, 3.05) is 27.4 Å². The smallest absolute Gasteiger partial charge is 0.260 e. The lowest BCUT2D eigenvalue weighted by Gasteiger charge is -2.16. The molecule has 1 unspecified atom stereocenters. The molecule has 21 heavy (non-hydrogen) atoms. The quantitative estimate of drug-likeness (QED) is 0.734. The Hall–Kier alpha value is -2.26. The van der Waals surface area contributed by atoms with Crippen LogP contribution in [0.3, 0.4) is 0 Å². The van der Waals surface area contributed by atoms with E-state index in [0.717, 1.165) is 6.42 Å². The summed E-state index contributed by atoms with van der Waals surface area (Å²) < 4.78 is 15.6. The number of nitriles is 1. The van der Waals surface area contributed by atoms with Gasteiger partial charge in [-0.15, -0.1) is 0 Å². The summed E-state index contributed by atoms with van der Waals surface area (Å²) in [7, 11) is 3.10. The number of nitrogens with one attached hydrogen (secondary N) is 1. The summed E-state index contributed by atoms with van der Waals surface area (Å²) in [5.41, 5.74) is 0.468. The van der Waals surface area contributed by atoms with Crippen LogP contribution in [0, 0.1) is 11.3 Å². The topological polar surface area (TPSA) is 80.6 Å². The average molecular weight is 292 g/mol. The van der Waals surface area contributed by atoms with Gasteiger partial charge in [0, 0.05) is 26.3 Å². The molecule has 0 spiro atoms. The predicted molar refractivity (Wildman–Crippen MR) is 77.3 cm³/mol. The summed E-state index contributed by atoms with van der Waals surface area (Å²) in [6, 6.07) is 6.82. The van der Waals surface area contributed by atoms with Crippen molar-refractivity contribution in [3.63, 3.8) is 0 Å². The van der Waals surface area contributed by atoms with Gasteiger partial charge in [-0.2, -0.15) is 5.26 Å². The highest BCUT2D eigenvalue weighted by Gasteiger charge is 2.16. The van der Waals surface area contributed by atoms with Gasteiger partial charge < -0.3 is 19.5 Å². The third kappa shape index (κ3) is 5.32. The molecule has 0 aliphatic heterocycles. The molecule has 0 saturated heterocycles. The Kier molecular flexibility index (Phi) is 7.05. The van der Waals surface area contributed by atoms with Crippen LogP contribution in [-0.4, -0.2) is 39.4 Å². The lowest BCUT2D eigenvalue weighted by molar-refractivity contribution is -0.127. The number of hydrogen-bond donors (Lipinski definition) is 1. The highest BCUT2D eigenvalue weighted by Crippen LogP contribution is 2.28. The third-order valence-electron chi connectivity index (χ3n) is 2.79. The first-order valence-electron chi connectivity index (χ1n) is 6.63. The molecule has 0 heterocycles. The monoisotopic (exact) mass is 292 g/mol. The van der Waals surface area contributed by atoms with E-state index in [4.69, 9.17) is 19.5 Å². The summed E-state index contributed by atoms with van der Waals surface area (Å²) in [6.45, 7) is 2.78. The van der Waals surface area contributed by atoms with Crippen molar-refractivity contribution in [1.29, 1.82) is 5.26 Å². The number of hydrogen-bond acceptors (Lipinski definition) is 5. The maximum atomic E-state index is 11.9. The zero-order chi connectivity index (χ0) is 15.7. The molecular weight excluding hydrogens is 272 g/mol. The minimum atomic E-state index is -0.658. The second-order valence-electron chi connectivity index (χ2n) is 4.37. The average Bonchev–Trinajstić information content (AvgIpc) is 2.51. The lowest BCUT2D eigenvalue weighted by atomic mass is 10.2. The van der Waals surface area contributed by atoms with E-state index in [9.17, 15) is 4.79 Å². The summed E-state index contributed by atoms with van der Waals surface area (Å²) in [5.74, 6) is 0.640. The van der Waals surface area contributed by atoms with E-state index in [2.05, 4.69) is 5.32 Å². The van der Waals surface area contributed by atoms with E-state index in [-0.39, 0.29) is 5.91 Å². The highest BCUT2D eigenvalue weighted by molar-refractivity contribution is 5.80. The van der Waals surface area contributed by atoms with Crippen molar-refractivity contribution in [2.24, 2.45) is 0 Å². The summed E-state index contributed by atoms with van der Waals surface area (Å²) in [5, 5.41) is 11.6. The molecule has 1 aromatic carbocycles. The first kappa shape index (κ1) is 16.8. The predicted octanol–water partition coefficient (Wildman–Crippen LogP) is 1.49. The second-order valence-corrected chi connectivity index (χ2v) is 4.37. The van der Waals surface area contributed by atoms with Crippen LogP contribution >= 0.6 is 0 Å². The van der Waals surface area contributed by atoms with Gasteiger partial charge in [-0.25, -0.2) is 0 Å². The fourth-order valence-electron chi connectivity index (χ4n) is 1.65. The Morgan fingerprint density at radius 1 is 1.38 bits per heavy atom. The molecule has 1 amide bonds. The first-order valence-corrected chi connectivity index (χ1v) is 6.63. The van der Waals surface area contributed by atoms with E-state index < -0.39 is 6.10 Å². The molecular formula is C15H20N2O4. The van der Waals surface area contributed by atoms with Crippen molar-refractivity contribution in [2.45, 2.75) is 19.4 Å². The summed E-state index contributed by atoms with van der Waals surface area (Å²) >= 11 is 0. The maximum absolute atomic E-state index is 11.9. The van der Waals surface area contributed by atoms with E-state index in [1.165, 1.54) is 7.11 Å². The Morgan fingerprint density at radius 2 is 2.14 bits per heavy atom. The minimum Gasteiger partial charge on any atom is -0.493 e. The summed E-state index contributed by atoms with van der Waals surface area (Å²) in [4.78, 5) is 11.9. The molecule has 0 aliphatic carbocycles. The van der Waals surface area contributed by atoms with Crippen molar-refractivity contribution in [3.8, 4) is 17.6 Å². The molecule has 1 aromatic rings. The Labute approximate surface area is 124 Å². The van der Waals surface area contributed by atoms with Crippen LogP contribution in [0.5, 0.6) is 11.5 Å². The Morgan fingerprint density at radius 3 is 2.76 bits per heavy atom. The molecule has 6 heteroatoms. The van der Waals surface area contributed by atoms with Gasteiger partial charge in [-0.05, 0) is 25.5 Å². The van der Waals surface area contributed by atoms with Crippen LogP contribution in [0.2, 0.25) is 0 Å². The molecule has 1 rings (SSSR count). The van der Waals surface area contributed by atoms with Gasteiger partial charge in [-0.3, -0.25) is 4.79 Å². The van der Waals surface area contributed by atoms with Crippen LogP contribution in [0.25, 0.3) is 0 Å². The number of carbonyl (C=O) groups excluding carboxylic acids is 1. The van der Waals surface area contributed by atoms with E-state index in [0.29, 0.717) is 30.2 Å². The van der Waals surface area contributed by atoms with Crippen LogP contribution in [0.15, 0.2) is 18.2 Å². The molecule has 1 N–H and O–H groups in total. The molecule has 1 atom stereocenters. The number of nitrogens with zero attached hydrogens (tertiary/aromatic N) is 1. The van der Waals surface area contributed by atoms with Gasteiger partial charge in [0.05, 0.1) is 18.7 Å². The van der Waals surface area contributed by atoms with Gasteiger partial charge in [0.1, 0.15) is 0 Å². The number of rotatable bonds is 8. The Balaban J connectivity index is 2.59. The molecule has 0 aromatic heterocycles. The van der Waals surface area contributed by atoms with E-state index >= 15 is 0 Å². The van der Waals surface area contributed by atoms with Crippen molar-refractivity contribution >= 4 is 5.91 Å². The van der Waals surface area contributed by atoms with Crippen molar-refractivity contribution < 1.29 is 19.0 Å². The molecule has 0 bridgehead atoms. The maximum Gasteiger partial charge on any atom is 0.260 e. The Bertz CT molecular complexity index is 511. The fourth-order valence-corrected chi connectivity index (χ4v) is 1.65. The zero-order valence-corrected chi connectivity index (χ0v) is 12.5. The van der Waals surface area contributed by atoms with E-state index in [1.807, 2.05) is 6.07 Å². The van der Waals surface area contributed by atoms with Gasteiger partial charge in [0.2, 0.25) is 0 Å². The number of ether oxygens (including phenoxy) is 3. The molecule has 0 fully saturated rings. The SMILES string of the molecule is COCCCNC(=O)C(C)Oc1ccc(C#N)cc1OC. The largest absolute Gasteiger partial charge is 0.493 e. The van der Waals surface area contributed by atoms with Crippen LogP contribution in [0.4, 0.5) is 0 Å². The highest BCUT2D eigenvalue weighted by atomic mass is 16.5. The fraction of sp³-hybridized carbons (Fsp3) is 0.467. The third-order valence-corrected chi connectivity index (χ3v) is 2.79. The van der Waals surface area contributed by atoms with Gasteiger partial charge >= 0.3 is 0 Å². The second kappa shape index (κ2) is 8.82. The number of methoxy groups -OCH3 is 2. The van der Waals surface area contributed by atoms with Crippen molar-refractivity contribution in [1.82, 2.24) is 5.32 Å². The van der Waals surface area contributed by atoms with Gasteiger partial charge in [-0.1, -0.05) is 0 Å². The zero-order valence-electron chi connectivity index (χ0n) is 12.5. The first-order chi connectivity index (χ1) is 10.1. The van der Waals surface area contributed by atoms with Crippen LogP contribution in [0.1, 0.15) is 18.9 Å². The molecule has 0 radical (unpaired) electrons. The molecule has 6 nitrogen and oxygen atoms in total. The molecule has 0 aliphatic rings. The van der Waals surface area contributed by atoms with Crippen LogP contribution < -0.4 is 14.8 Å². The normalized spacial score (nSPS) is 11.3. The van der Waals surface area contributed by atoms with Crippen LogP contribution in [-0.2, 0) is 9.53 Å². The number of amides is 1. The number of benzene rings is 1. The van der Waals surface area contributed by atoms with Gasteiger partial charge in [0.15, 0.2) is 17.6 Å². The standard InChI is InChI=1S/C15H20N2O4/c1-11(15(18)17-7-4-8-19-2)21-13-6-5-12(10-16)9-14(13)20-3/h5-6,9,11H,4,7-8H2,1-3H3,(H,17,18). The molecule has 114 valence electrons. The number of carbonyl (C=O) groups is 1. The minimum absolute atomic E-state index is 0.211. The van der Waals surface area contributed by atoms with E-state index in [1.54, 1.807) is 32.2 Å². The van der Waals surface area contributed by atoms with Crippen molar-refractivity contribution in [3.05, 3.63) is 23.8 Å².